The molecule has 0 fully saturated rings. The molecule has 12 rings (SSSR count). The summed E-state index contributed by atoms with van der Waals surface area (Å²) in [5.74, 6) is 1.89. The molecule has 0 aliphatic rings. The lowest BCUT2D eigenvalue weighted by atomic mass is 9.92. The van der Waals surface area contributed by atoms with E-state index in [1.165, 1.54) is 20.2 Å². The van der Waals surface area contributed by atoms with Crippen LogP contribution >= 0.6 is 11.3 Å². The SMILES string of the molecule is N#Cc1cccc(-c2ccc3c4ccc(-c5ccc(-c6nc(-c7ccccc7)nc(-c7ccc8sc9ccccc9c8c7)n6)cc5)cc4c4oc5ccccc5c4c3c2)c1. The highest BCUT2D eigenvalue weighted by Gasteiger charge is 2.19. The fourth-order valence-electron chi connectivity index (χ4n) is 8.61. The van der Waals surface area contributed by atoms with Crippen molar-refractivity contribution in [2.45, 2.75) is 0 Å². The number of para-hydroxylation sites is 1. The summed E-state index contributed by atoms with van der Waals surface area (Å²) < 4.78 is 9.20. The lowest BCUT2D eigenvalue weighted by Gasteiger charge is -2.12. The van der Waals surface area contributed by atoms with E-state index in [4.69, 9.17) is 19.4 Å². The lowest BCUT2D eigenvalue weighted by Crippen LogP contribution is -2.00. The zero-order valence-electron chi connectivity index (χ0n) is 31.9. The van der Waals surface area contributed by atoms with Crippen LogP contribution in [0, 0.1) is 11.3 Å². The Morgan fingerprint density at radius 2 is 0.933 bits per heavy atom. The summed E-state index contributed by atoms with van der Waals surface area (Å²) in [5.41, 5.74) is 9.37. The predicted molar refractivity (Wildman–Crippen MR) is 247 cm³/mol. The van der Waals surface area contributed by atoms with E-state index in [1.807, 2.05) is 60.7 Å². The quantitative estimate of drug-likeness (QED) is 0.163. The minimum atomic E-state index is 0.619. The normalized spacial score (nSPS) is 11.7. The van der Waals surface area contributed by atoms with Crippen molar-refractivity contribution in [1.29, 1.82) is 5.26 Å². The van der Waals surface area contributed by atoms with Gasteiger partial charge in [-0.2, -0.15) is 5.26 Å². The van der Waals surface area contributed by atoms with Gasteiger partial charge in [0.25, 0.3) is 0 Å². The van der Waals surface area contributed by atoms with Crippen molar-refractivity contribution in [3.05, 3.63) is 188 Å². The standard InChI is InChI=1S/C54H30N4OS/c55-31-32-9-8-12-36(27-32)38-22-24-40-41-25-21-37(29-46(41)51-50(45(40)28-38)43-14-4-6-15-47(43)59-51)33-17-19-35(20-18-33)53-56-52(34-10-2-1-3-11-34)57-54(58-53)39-23-26-49-44(30-39)42-13-5-7-16-48(42)60-49/h1-30H. The smallest absolute Gasteiger partial charge is 0.164 e. The average Bonchev–Trinajstić information content (AvgIpc) is 3.90. The number of rotatable bonds is 5. The Balaban J connectivity index is 0.972. The first kappa shape index (κ1) is 34.1. The van der Waals surface area contributed by atoms with Crippen molar-refractivity contribution in [2.24, 2.45) is 0 Å². The maximum Gasteiger partial charge on any atom is 0.164 e. The number of nitriles is 1. The minimum Gasteiger partial charge on any atom is -0.455 e. The van der Waals surface area contributed by atoms with Gasteiger partial charge in [-0.3, -0.25) is 0 Å². The van der Waals surface area contributed by atoms with Crippen LogP contribution in [0.25, 0.3) is 120 Å². The summed E-state index contributed by atoms with van der Waals surface area (Å²) in [4.78, 5) is 15.1. The van der Waals surface area contributed by atoms with Gasteiger partial charge in [-0.25, -0.2) is 15.0 Å². The third kappa shape index (κ3) is 5.56. The molecule has 3 heterocycles. The Bertz CT molecular complexity index is 3730. The number of nitrogens with zero attached hydrogens (tertiary/aromatic N) is 4. The Labute approximate surface area is 348 Å². The summed E-state index contributed by atoms with van der Waals surface area (Å²) in [7, 11) is 0. The van der Waals surface area contributed by atoms with Gasteiger partial charge in [0.05, 0.1) is 11.6 Å². The van der Waals surface area contributed by atoms with Crippen molar-refractivity contribution >= 4 is 75.0 Å². The van der Waals surface area contributed by atoms with Gasteiger partial charge in [0, 0.05) is 53.0 Å². The van der Waals surface area contributed by atoms with Crippen LogP contribution < -0.4 is 0 Å². The number of hydrogen-bond acceptors (Lipinski definition) is 6. The van der Waals surface area contributed by atoms with E-state index in [2.05, 4.69) is 127 Å². The number of hydrogen-bond donors (Lipinski definition) is 0. The molecule has 0 bridgehead atoms. The molecule has 3 aromatic heterocycles. The molecular weight excluding hydrogens is 753 g/mol. The fraction of sp³-hybridized carbons (Fsp3) is 0. The highest BCUT2D eigenvalue weighted by Crippen LogP contribution is 2.43. The van der Waals surface area contributed by atoms with E-state index in [0.717, 1.165) is 82.4 Å². The van der Waals surface area contributed by atoms with Crippen LogP contribution in [0.2, 0.25) is 0 Å². The summed E-state index contributed by atoms with van der Waals surface area (Å²) in [5, 5.41) is 18.6. The number of fused-ring (bicyclic) bond motifs is 11. The van der Waals surface area contributed by atoms with E-state index < -0.39 is 0 Å². The van der Waals surface area contributed by atoms with Crippen LogP contribution in [-0.2, 0) is 0 Å². The van der Waals surface area contributed by atoms with Crippen LogP contribution in [0.15, 0.2) is 186 Å². The van der Waals surface area contributed by atoms with Crippen LogP contribution in [0.4, 0.5) is 0 Å². The molecule has 60 heavy (non-hydrogen) atoms. The second kappa shape index (κ2) is 13.6. The Morgan fingerprint density at radius 3 is 1.73 bits per heavy atom. The van der Waals surface area contributed by atoms with Gasteiger partial charge >= 0.3 is 0 Å². The molecule has 12 aromatic rings. The molecule has 0 aliphatic heterocycles. The first-order valence-corrected chi connectivity index (χ1v) is 20.6. The maximum atomic E-state index is 9.58. The zero-order chi connectivity index (χ0) is 39.7. The van der Waals surface area contributed by atoms with E-state index >= 15 is 0 Å². The third-order valence-electron chi connectivity index (χ3n) is 11.5. The van der Waals surface area contributed by atoms with Crippen LogP contribution in [0.5, 0.6) is 0 Å². The van der Waals surface area contributed by atoms with E-state index in [9.17, 15) is 5.26 Å². The molecule has 0 N–H and O–H groups in total. The summed E-state index contributed by atoms with van der Waals surface area (Å²) >= 11 is 1.80. The number of benzene rings is 9. The molecule has 0 amide bonds. The van der Waals surface area contributed by atoms with Crippen molar-refractivity contribution in [1.82, 2.24) is 15.0 Å². The van der Waals surface area contributed by atoms with Gasteiger partial charge in [0.1, 0.15) is 11.2 Å². The molecule has 5 nitrogen and oxygen atoms in total. The zero-order valence-corrected chi connectivity index (χ0v) is 32.7. The van der Waals surface area contributed by atoms with Crippen molar-refractivity contribution in [3.8, 4) is 62.5 Å². The average molecular weight is 783 g/mol. The fourth-order valence-corrected chi connectivity index (χ4v) is 9.70. The van der Waals surface area contributed by atoms with Crippen LogP contribution in [-0.4, -0.2) is 15.0 Å². The summed E-state index contributed by atoms with van der Waals surface area (Å²) in [6.07, 6.45) is 0. The second-order valence-electron chi connectivity index (χ2n) is 15.1. The maximum absolute atomic E-state index is 9.58. The largest absolute Gasteiger partial charge is 0.455 e. The Kier molecular flexibility index (Phi) is 7.71. The van der Waals surface area contributed by atoms with Crippen LogP contribution in [0.1, 0.15) is 5.56 Å². The Hall–Kier alpha value is -7.98. The van der Waals surface area contributed by atoms with Crippen molar-refractivity contribution in [2.75, 3.05) is 0 Å². The molecule has 9 aromatic carbocycles. The van der Waals surface area contributed by atoms with E-state index in [0.29, 0.717) is 23.0 Å². The molecule has 278 valence electrons. The first-order chi connectivity index (χ1) is 29.6. The summed E-state index contributed by atoms with van der Waals surface area (Å²) in [6.45, 7) is 0. The highest BCUT2D eigenvalue weighted by molar-refractivity contribution is 7.25. The van der Waals surface area contributed by atoms with E-state index in [-0.39, 0.29) is 0 Å². The van der Waals surface area contributed by atoms with Crippen molar-refractivity contribution in [3.63, 3.8) is 0 Å². The molecular formula is C54H30N4OS. The molecule has 0 aliphatic carbocycles. The minimum absolute atomic E-state index is 0.619. The van der Waals surface area contributed by atoms with E-state index in [1.54, 1.807) is 11.3 Å². The second-order valence-corrected chi connectivity index (χ2v) is 16.2. The van der Waals surface area contributed by atoms with Gasteiger partial charge in [-0.1, -0.05) is 127 Å². The highest BCUT2D eigenvalue weighted by atomic mass is 32.1. The molecule has 6 heteroatoms. The van der Waals surface area contributed by atoms with Crippen LogP contribution in [0.3, 0.4) is 0 Å². The van der Waals surface area contributed by atoms with Gasteiger partial charge in [0.15, 0.2) is 17.5 Å². The molecule has 0 radical (unpaired) electrons. The number of aromatic nitrogens is 3. The Morgan fingerprint density at radius 1 is 0.383 bits per heavy atom. The van der Waals surface area contributed by atoms with Gasteiger partial charge < -0.3 is 4.42 Å². The molecule has 0 unspecified atom stereocenters. The monoisotopic (exact) mass is 782 g/mol. The lowest BCUT2D eigenvalue weighted by molar-refractivity contribution is 0.673. The number of furan rings is 1. The number of thiophene rings is 1. The third-order valence-corrected chi connectivity index (χ3v) is 12.7. The van der Waals surface area contributed by atoms with Gasteiger partial charge in [-0.15, -0.1) is 11.3 Å². The topological polar surface area (TPSA) is 75.6 Å². The van der Waals surface area contributed by atoms with Gasteiger partial charge in [0.2, 0.25) is 0 Å². The molecule has 0 spiro atoms. The molecule has 0 atom stereocenters. The molecule has 0 saturated heterocycles. The first-order valence-electron chi connectivity index (χ1n) is 19.8. The summed E-state index contributed by atoms with van der Waals surface area (Å²) in [6, 6.07) is 65.2. The van der Waals surface area contributed by atoms with Gasteiger partial charge in [-0.05, 0) is 93.0 Å². The molecule has 0 saturated carbocycles. The van der Waals surface area contributed by atoms with Crippen molar-refractivity contribution < 1.29 is 4.42 Å². The predicted octanol–water partition coefficient (Wildman–Crippen LogP) is 14.7.